The van der Waals surface area contributed by atoms with Gasteiger partial charge >= 0.3 is 0 Å². The number of nitrogens with two attached hydrogens (primary N) is 1. The summed E-state index contributed by atoms with van der Waals surface area (Å²) < 4.78 is 26.7. The average Bonchev–Trinajstić information content (AvgIpc) is 2.39. The van der Waals surface area contributed by atoms with E-state index in [0.29, 0.717) is 36.8 Å². The summed E-state index contributed by atoms with van der Waals surface area (Å²) in [5.74, 6) is 0. The standard InChI is InChI=1S/C12H17Cl2N3O2S/c1-16-2-4-17(5-3-16)20(18,19)12-6-9(8-15)10(13)7-11(12)14/h6-7H,2-5,8,15H2,1H3. The maximum Gasteiger partial charge on any atom is 0.244 e. The van der Waals surface area contributed by atoms with E-state index < -0.39 is 10.0 Å². The van der Waals surface area contributed by atoms with E-state index in [1.54, 1.807) is 0 Å². The van der Waals surface area contributed by atoms with Crippen LogP contribution in [-0.2, 0) is 16.6 Å². The third-order valence-electron chi connectivity index (χ3n) is 3.40. The lowest BCUT2D eigenvalue weighted by Crippen LogP contribution is -2.47. The summed E-state index contributed by atoms with van der Waals surface area (Å²) >= 11 is 12.0. The van der Waals surface area contributed by atoms with Crippen molar-refractivity contribution in [2.24, 2.45) is 5.73 Å². The van der Waals surface area contributed by atoms with Gasteiger partial charge in [0.25, 0.3) is 0 Å². The van der Waals surface area contributed by atoms with Crippen LogP contribution in [0.1, 0.15) is 5.56 Å². The highest BCUT2D eigenvalue weighted by Gasteiger charge is 2.29. The molecule has 1 fully saturated rings. The van der Waals surface area contributed by atoms with E-state index in [4.69, 9.17) is 28.9 Å². The third-order valence-corrected chi connectivity index (χ3v) is 6.12. The molecule has 0 amide bonds. The molecule has 1 aromatic carbocycles. The molecule has 1 aromatic rings. The van der Waals surface area contributed by atoms with E-state index in [1.807, 2.05) is 7.05 Å². The Labute approximate surface area is 129 Å². The maximum atomic E-state index is 12.6. The number of rotatable bonds is 3. The van der Waals surface area contributed by atoms with Crippen LogP contribution in [0.25, 0.3) is 0 Å². The Hall–Kier alpha value is -0.370. The molecule has 0 unspecified atom stereocenters. The molecule has 0 radical (unpaired) electrons. The topological polar surface area (TPSA) is 66.6 Å². The van der Waals surface area contributed by atoms with Gasteiger partial charge in [0, 0.05) is 37.7 Å². The average molecular weight is 338 g/mol. The Morgan fingerprint density at radius 2 is 1.75 bits per heavy atom. The molecule has 5 nitrogen and oxygen atoms in total. The lowest BCUT2D eigenvalue weighted by Gasteiger charge is -2.31. The summed E-state index contributed by atoms with van der Waals surface area (Å²) in [7, 11) is -1.64. The predicted molar refractivity (Wildman–Crippen MR) is 80.6 cm³/mol. The lowest BCUT2D eigenvalue weighted by atomic mass is 10.2. The summed E-state index contributed by atoms with van der Waals surface area (Å²) in [6.45, 7) is 2.48. The van der Waals surface area contributed by atoms with Crippen molar-refractivity contribution in [3.8, 4) is 0 Å². The lowest BCUT2D eigenvalue weighted by molar-refractivity contribution is 0.222. The summed E-state index contributed by atoms with van der Waals surface area (Å²) in [4.78, 5) is 2.16. The second kappa shape index (κ2) is 6.17. The van der Waals surface area contributed by atoms with Crippen molar-refractivity contribution in [3.63, 3.8) is 0 Å². The molecule has 1 aliphatic rings. The van der Waals surface area contributed by atoms with Crippen LogP contribution in [0.4, 0.5) is 0 Å². The fraction of sp³-hybridized carbons (Fsp3) is 0.500. The maximum absolute atomic E-state index is 12.6. The van der Waals surface area contributed by atoms with Crippen molar-refractivity contribution < 1.29 is 8.42 Å². The number of hydrogen-bond acceptors (Lipinski definition) is 4. The van der Waals surface area contributed by atoms with E-state index in [2.05, 4.69) is 4.90 Å². The van der Waals surface area contributed by atoms with Gasteiger partial charge in [-0.2, -0.15) is 4.31 Å². The third kappa shape index (κ3) is 3.10. The molecule has 2 N–H and O–H groups in total. The largest absolute Gasteiger partial charge is 0.326 e. The van der Waals surface area contributed by atoms with Crippen LogP contribution in [0.15, 0.2) is 17.0 Å². The Bertz CT molecular complexity index is 599. The smallest absolute Gasteiger partial charge is 0.244 e. The normalized spacial score (nSPS) is 18.4. The highest BCUT2D eigenvalue weighted by Crippen LogP contribution is 2.30. The van der Waals surface area contributed by atoms with Crippen molar-refractivity contribution >= 4 is 33.2 Å². The molecular formula is C12H17Cl2N3O2S. The van der Waals surface area contributed by atoms with Gasteiger partial charge in [0.1, 0.15) is 4.90 Å². The molecule has 0 bridgehead atoms. The fourth-order valence-corrected chi connectivity index (χ4v) is 4.36. The van der Waals surface area contributed by atoms with Crippen LogP contribution < -0.4 is 5.73 Å². The number of piperazine rings is 1. The molecule has 1 aliphatic heterocycles. The first-order chi connectivity index (χ1) is 9.36. The van der Waals surface area contributed by atoms with Crippen molar-refractivity contribution in [1.82, 2.24) is 9.21 Å². The van der Waals surface area contributed by atoms with Gasteiger partial charge in [-0.25, -0.2) is 8.42 Å². The molecule has 1 saturated heterocycles. The first-order valence-electron chi connectivity index (χ1n) is 6.23. The molecule has 1 heterocycles. The fourth-order valence-electron chi connectivity index (χ4n) is 2.09. The molecule has 112 valence electrons. The Balaban J connectivity index is 2.39. The van der Waals surface area contributed by atoms with E-state index in [9.17, 15) is 8.42 Å². The molecule has 0 atom stereocenters. The first-order valence-corrected chi connectivity index (χ1v) is 8.42. The van der Waals surface area contributed by atoms with Crippen molar-refractivity contribution in [3.05, 3.63) is 27.7 Å². The Kier molecular flexibility index (Phi) is 4.94. The highest BCUT2D eigenvalue weighted by atomic mass is 35.5. The van der Waals surface area contributed by atoms with Crippen molar-refractivity contribution in [2.45, 2.75) is 11.4 Å². The number of halogens is 2. The zero-order valence-corrected chi connectivity index (χ0v) is 13.5. The van der Waals surface area contributed by atoms with E-state index in [-0.39, 0.29) is 16.5 Å². The Morgan fingerprint density at radius 1 is 1.15 bits per heavy atom. The van der Waals surface area contributed by atoms with Gasteiger partial charge < -0.3 is 10.6 Å². The molecule has 0 aliphatic carbocycles. The van der Waals surface area contributed by atoms with Gasteiger partial charge in [0.15, 0.2) is 0 Å². The highest BCUT2D eigenvalue weighted by molar-refractivity contribution is 7.89. The van der Waals surface area contributed by atoms with Gasteiger partial charge in [0.2, 0.25) is 10.0 Å². The zero-order chi connectivity index (χ0) is 14.9. The summed E-state index contributed by atoms with van der Waals surface area (Å²) in [5.41, 5.74) is 6.14. The van der Waals surface area contributed by atoms with Gasteiger partial charge in [-0.05, 0) is 24.7 Å². The van der Waals surface area contributed by atoms with E-state index in [0.717, 1.165) is 0 Å². The number of benzene rings is 1. The van der Waals surface area contributed by atoms with Crippen LogP contribution in [0.3, 0.4) is 0 Å². The SMILES string of the molecule is CN1CCN(S(=O)(=O)c2cc(CN)c(Cl)cc2Cl)CC1. The van der Waals surface area contributed by atoms with Gasteiger partial charge in [-0.3, -0.25) is 0 Å². The van der Waals surface area contributed by atoms with Crippen LogP contribution in [-0.4, -0.2) is 50.8 Å². The molecule has 2 rings (SSSR count). The van der Waals surface area contributed by atoms with Crippen LogP contribution in [0, 0.1) is 0 Å². The minimum Gasteiger partial charge on any atom is -0.326 e. The number of likely N-dealkylation sites (N-methyl/N-ethyl adjacent to an activating group) is 1. The molecular weight excluding hydrogens is 321 g/mol. The molecule has 8 heteroatoms. The summed E-state index contributed by atoms with van der Waals surface area (Å²) in [5, 5.41) is 0.515. The van der Waals surface area contributed by atoms with Crippen LogP contribution in [0.2, 0.25) is 10.0 Å². The zero-order valence-electron chi connectivity index (χ0n) is 11.1. The van der Waals surface area contributed by atoms with Crippen LogP contribution >= 0.6 is 23.2 Å². The predicted octanol–water partition coefficient (Wildman–Crippen LogP) is 1.39. The molecule has 0 aromatic heterocycles. The second-order valence-corrected chi connectivity index (χ2v) is 7.51. The van der Waals surface area contributed by atoms with Crippen molar-refractivity contribution in [2.75, 3.05) is 33.2 Å². The quantitative estimate of drug-likeness (QED) is 0.904. The molecule has 20 heavy (non-hydrogen) atoms. The minimum absolute atomic E-state index is 0.0774. The molecule has 0 spiro atoms. The molecule has 0 saturated carbocycles. The monoisotopic (exact) mass is 337 g/mol. The summed E-state index contributed by atoms with van der Waals surface area (Å²) in [6.07, 6.45) is 0. The van der Waals surface area contributed by atoms with Gasteiger partial charge in [-0.15, -0.1) is 0 Å². The van der Waals surface area contributed by atoms with Crippen molar-refractivity contribution in [1.29, 1.82) is 0 Å². The summed E-state index contributed by atoms with van der Waals surface area (Å²) in [6, 6.07) is 2.91. The number of nitrogens with zero attached hydrogens (tertiary/aromatic N) is 2. The van der Waals surface area contributed by atoms with E-state index in [1.165, 1.54) is 16.4 Å². The Morgan fingerprint density at radius 3 is 2.30 bits per heavy atom. The van der Waals surface area contributed by atoms with Crippen LogP contribution in [0.5, 0.6) is 0 Å². The second-order valence-electron chi connectivity index (χ2n) is 4.79. The number of sulfonamides is 1. The number of hydrogen-bond donors (Lipinski definition) is 1. The first kappa shape index (κ1) is 16.0. The van der Waals surface area contributed by atoms with Gasteiger partial charge in [0.05, 0.1) is 5.02 Å². The van der Waals surface area contributed by atoms with Gasteiger partial charge in [-0.1, -0.05) is 23.2 Å². The minimum atomic E-state index is -3.60. The van der Waals surface area contributed by atoms with E-state index >= 15 is 0 Å².